The van der Waals surface area contributed by atoms with Crippen LogP contribution >= 0.6 is 12.4 Å². The van der Waals surface area contributed by atoms with Crippen molar-refractivity contribution in [1.82, 2.24) is 4.72 Å². The maximum atomic E-state index is 12.8. The Morgan fingerprint density at radius 1 is 1.09 bits per heavy atom. The number of hydrogen-bond acceptors (Lipinski definition) is 3. The third-order valence-electron chi connectivity index (χ3n) is 4.01. The van der Waals surface area contributed by atoms with Crippen LogP contribution in [0.1, 0.15) is 44.1 Å². The second kappa shape index (κ2) is 8.24. The quantitative estimate of drug-likeness (QED) is 0.802. The SMILES string of the molecule is Cl.NC1(CNS(=O)(=O)Cc2ccc(F)cc2)CCCCCC1. The average molecular weight is 351 g/mol. The third kappa shape index (κ3) is 6.20. The van der Waals surface area contributed by atoms with E-state index in [0.29, 0.717) is 5.56 Å². The predicted octanol–water partition coefficient (Wildman–Crippen LogP) is 2.72. The lowest BCUT2D eigenvalue weighted by molar-refractivity contribution is 0.369. The molecule has 1 saturated carbocycles. The van der Waals surface area contributed by atoms with Crippen LogP contribution in [-0.2, 0) is 15.8 Å². The van der Waals surface area contributed by atoms with E-state index in [-0.39, 0.29) is 30.5 Å². The third-order valence-corrected chi connectivity index (χ3v) is 5.31. The molecule has 0 amide bonds. The number of nitrogens with two attached hydrogens (primary N) is 1. The first-order chi connectivity index (χ1) is 9.89. The van der Waals surface area contributed by atoms with Gasteiger partial charge in [0, 0.05) is 12.1 Å². The van der Waals surface area contributed by atoms with E-state index in [4.69, 9.17) is 5.73 Å². The summed E-state index contributed by atoms with van der Waals surface area (Å²) < 4.78 is 39.6. The maximum Gasteiger partial charge on any atom is 0.215 e. The first kappa shape index (κ1) is 19.4. The molecule has 1 aliphatic rings. The molecule has 0 aliphatic heterocycles. The Kier molecular flexibility index (Phi) is 7.25. The molecule has 0 radical (unpaired) electrons. The molecule has 126 valence electrons. The van der Waals surface area contributed by atoms with Crippen molar-refractivity contribution < 1.29 is 12.8 Å². The fourth-order valence-electron chi connectivity index (χ4n) is 2.71. The Hall–Kier alpha value is -0.690. The van der Waals surface area contributed by atoms with Gasteiger partial charge in [-0.15, -0.1) is 12.4 Å². The molecule has 1 aromatic carbocycles. The highest BCUT2D eigenvalue weighted by atomic mass is 35.5. The monoisotopic (exact) mass is 350 g/mol. The maximum absolute atomic E-state index is 12.8. The van der Waals surface area contributed by atoms with E-state index >= 15 is 0 Å². The zero-order valence-electron chi connectivity index (χ0n) is 12.6. The molecule has 0 aromatic heterocycles. The van der Waals surface area contributed by atoms with Crippen molar-refractivity contribution in [2.24, 2.45) is 5.73 Å². The molecule has 4 nitrogen and oxygen atoms in total. The van der Waals surface area contributed by atoms with Gasteiger partial charge < -0.3 is 5.73 Å². The Balaban J connectivity index is 0.00000242. The summed E-state index contributed by atoms with van der Waals surface area (Å²) in [5.74, 6) is -0.521. The molecule has 1 aliphatic carbocycles. The zero-order valence-corrected chi connectivity index (χ0v) is 14.2. The highest BCUT2D eigenvalue weighted by Crippen LogP contribution is 2.24. The van der Waals surface area contributed by atoms with Crippen LogP contribution in [0, 0.1) is 5.82 Å². The molecule has 22 heavy (non-hydrogen) atoms. The van der Waals surface area contributed by atoms with Crippen molar-refractivity contribution in [1.29, 1.82) is 0 Å². The number of benzene rings is 1. The van der Waals surface area contributed by atoms with Crippen LogP contribution in [0.15, 0.2) is 24.3 Å². The lowest BCUT2D eigenvalue weighted by atomic mass is 9.92. The summed E-state index contributed by atoms with van der Waals surface area (Å²) in [7, 11) is -3.45. The summed E-state index contributed by atoms with van der Waals surface area (Å²) in [4.78, 5) is 0. The van der Waals surface area contributed by atoms with Gasteiger partial charge in [-0.1, -0.05) is 37.8 Å². The van der Waals surface area contributed by atoms with E-state index in [9.17, 15) is 12.8 Å². The minimum atomic E-state index is -3.45. The fourth-order valence-corrected chi connectivity index (χ4v) is 3.95. The van der Waals surface area contributed by atoms with E-state index in [1.807, 2.05) is 0 Å². The van der Waals surface area contributed by atoms with Gasteiger partial charge in [0.15, 0.2) is 0 Å². The molecule has 1 fully saturated rings. The van der Waals surface area contributed by atoms with E-state index < -0.39 is 15.6 Å². The van der Waals surface area contributed by atoms with Gasteiger partial charge in [-0.2, -0.15) is 0 Å². The Bertz CT molecular complexity index is 555. The number of hydrogen-bond donors (Lipinski definition) is 2. The highest BCUT2D eigenvalue weighted by Gasteiger charge is 2.27. The topological polar surface area (TPSA) is 72.2 Å². The summed E-state index contributed by atoms with van der Waals surface area (Å²) in [5, 5.41) is 0. The van der Waals surface area contributed by atoms with Gasteiger partial charge in [0.05, 0.1) is 5.75 Å². The van der Waals surface area contributed by atoms with Crippen LogP contribution in [-0.4, -0.2) is 20.5 Å². The Morgan fingerprint density at radius 3 is 2.18 bits per heavy atom. The zero-order chi connectivity index (χ0) is 15.3. The standard InChI is InChI=1S/C15H23FN2O2S.ClH/c16-14-7-5-13(6-8-14)11-21(19,20)18-12-15(17)9-3-1-2-4-10-15;/h5-8,18H,1-4,9-12,17H2;1H. The van der Waals surface area contributed by atoms with E-state index in [0.717, 1.165) is 25.7 Å². The van der Waals surface area contributed by atoms with Crippen molar-refractivity contribution in [2.45, 2.75) is 49.8 Å². The molecule has 2 rings (SSSR count). The number of rotatable bonds is 5. The van der Waals surface area contributed by atoms with E-state index in [1.165, 1.54) is 37.1 Å². The van der Waals surface area contributed by atoms with Crippen molar-refractivity contribution in [2.75, 3.05) is 6.54 Å². The van der Waals surface area contributed by atoms with Gasteiger partial charge in [0.1, 0.15) is 5.82 Å². The number of sulfonamides is 1. The average Bonchev–Trinajstić information content (AvgIpc) is 2.65. The Labute approximate surface area is 138 Å². The van der Waals surface area contributed by atoms with Gasteiger partial charge in [-0.05, 0) is 30.5 Å². The molecule has 7 heteroatoms. The van der Waals surface area contributed by atoms with Crippen LogP contribution < -0.4 is 10.5 Å². The van der Waals surface area contributed by atoms with Gasteiger partial charge >= 0.3 is 0 Å². The minimum absolute atomic E-state index is 0. The smallest absolute Gasteiger partial charge is 0.215 e. The van der Waals surface area contributed by atoms with Crippen LogP contribution in [0.5, 0.6) is 0 Å². The highest BCUT2D eigenvalue weighted by molar-refractivity contribution is 7.88. The minimum Gasteiger partial charge on any atom is -0.324 e. The van der Waals surface area contributed by atoms with Crippen molar-refractivity contribution in [3.63, 3.8) is 0 Å². The summed E-state index contributed by atoms with van der Waals surface area (Å²) >= 11 is 0. The van der Waals surface area contributed by atoms with Crippen LogP contribution in [0.4, 0.5) is 4.39 Å². The van der Waals surface area contributed by atoms with E-state index in [1.54, 1.807) is 0 Å². The first-order valence-electron chi connectivity index (χ1n) is 7.39. The van der Waals surface area contributed by atoms with Gasteiger partial charge in [0.25, 0.3) is 0 Å². The number of nitrogens with one attached hydrogen (secondary N) is 1. The van der Waals surface area contributed by atoms with Crippen molar-refractivity contribution >= 4 is 22.4 Å². The summed E-state index contributed by atoms with van der Waals surface area (Å²) in [6.45, 7) is 0.274. The first-order valence-corrected chi connectivity index (χ1v) is 9.05. The second-order valence-corrected chi connectivity index (χ2v) is 7.79. The van der Waals surface area contributed by atoms with Crippen LogP contribution in [0.2, 0.25) is 0 Å². The molecule has 0 saturated heterocycles. The lowest BCUT2D eigenvalue weighted by Gasteiger charge is -2.28. The molecule has 3 N–H and O–H groups in total. The summed E-state index contributed by atoms with van der Waals surface area (Å²) in [6, 6.07) is 5.50. The molecule has 1 aromatic rings. The molecule has 0 spiro atoms. The van der Waals surface area contributed by atoms with Crippen molar-refractivity contribution in [3.05, 3.63) is 35.6 Å². The van der Waals surface area contributed by atoms with Crippen LogP contribution in [0.25, 0.3) is 0 Å². The molecular formula is C15H24ClFN2O2S. The van der Waals surface area contributed by atoms with Gasteiger partial charge in [-0.25, -0.2) is 17.5 Å². The fraction of sp³-hybridized carbons (Fsp3) is 0.600. The van der Waals surface area contributed by atoms with Crippen molar-refractivity contribution in [3.8, 4) is 0 Å². The summed E-state index contributed by atoms with van der Waals surface area (Å²) in [6.07, 6.45) is 6.15. The molecule has 0 atom stereocenters. The molecule has 0 bridgehead atoms. The van der Waals surface area contributed by atoms with Gasteiger partial charge in [-0.3, -0.25) is 0 Å². The van der Waals surface area contributed by atoms with E-state index in [2.05, 4.69) is 4.72 Å². The van der Waals surface area contributed by atoms with Crippen LogP contribution in [0.3, 0.4) is 0 Å². The number of halogens is 2. The lowest BCUT2D eigenvalue weighted by Crippen LogP contribution is -2.49. The normalized spacial score (nSPS) is 18.3. The summed E-state index contributed by atoms with van der Waals surface area (Å²) in [5.41, 5.74) is 6.43. The molecule has 0 heterocycles. The predicted molar refractivity (Wildman–Crippen MR) is 88.9 cm³/mol. The molecular weight excluding hydrogens is 327 g/mol. The Morgan fingerprint density at radius 2 is 1.64 bits per heavy atom. The van der Waals surface area contributed by atoms with Gasteiger partial charge in [0.2, 0.25) is 10.0 Å². The molecule has 0 unspecified atom stereocenters. The largest absolute Gasteiger partial charge is 0.324 e. The second-order valence-electron chi connectivity index (χ2n) is 5.98.